The van der Waals surface area contributed by atoms with Crippen molar-refractivity contribution in [1.29, 1.82) is 5.26 Å². The summed E-state index contributed by atoms with van der Waals surface area (Å²) in [4.78, 5) is 13.5. The highest BCUT2D eigenvalue weighted by atomic mass is 35.5. The molecule has 9 heteroatoms. The van der Waals surface area contributed by atoms with Crippen LogP contribution in [0, 0.1) is 11.3 Å². The second-order valence-electron chi connectivity index (χ2n) is 4.48. The number of hydrogen-bond donors (Lipinski definition) is 2. The fourth-order valence-corrected chi connectivity index (χ4v) is 3.09. The van der Waals surface area contributed by atoms with Crippen LogP contribution in [0.1, 0.15) is 5.56 Å². The van der Waals surface area contributed by atoms with Crippen LogP contribution in [0.15, 0.2) is 53.4 Å². The van der Waals surface area contributed by atoms with E-state index in [-0.39, 0.29) is 21.2 Å². The number of halogens is 1. The molecular weight excluding hydrogens is 354 g/mol. The van der Waals surface area contributed by atoms with Gasteiger partial charge in [-0.2, -0.15) is 5.26 Å². The summed E-state index contributed by atoms with van der Waals surface area (Å²) in [5.41, 5.74) is 2.28. The molecule has 0 saturated heterocycles. The van der Waals surface area contributed by atoms with Gasteiger partial charge >= 0.3 is 0 Å². The zero-order valence-corrected chi connectivity index (χ0v) is 13.8. The number of carbonyl (C=O) groups excluding carboxylic acids is 1. The first-order valence-electron chi connectivity index (χ1n) is 6.61. The molecule has 7 nitrogen and oxygen atoms in total. The second-order valence-corrected chi connectivity index (χ2v) is 6.54. The minimum Gasteiger partial charge on any atom is -0.482 e. The van der Waals surface area contributed by atoms with E-state index >= 15 is 0 Å². The van der Waals surface area contributed by atoms with Gasteiger partial charge in [-0.05, 0) is 24.3 Å². The van der Waals surface area contributed by atoms with Crippen molar-refractivity contribution < 1.29 is 17.9 Å². The van der Waals surface area contributed by atoms with Gasteiger partial charge in [0.25, 0.3) is 15.9 Å². The maximum absolute atomic E-state index is 12.0. The summed E-state index contributed by atoms with van der Waals surface area (Å²) < 4.78 is 29.3. The molecule has 0 fully saturated rings. The molecule has 0 unspecified atom stereocenters. The van der Waals surface area contributed by atoms with E-state index in [0.717, 1.165) is 0 Å². The first kappa shape index (κ1) is 17.7. The van der Waals surface area contributed by atoms with Crippen molar-refractivity contribution in [3.63, 3.8) is 0 Å². The first-order chi connectivity index (χ1) is 11.4. The van der Waals surface area contributed by atoms with E-state index in [0.29, 0.717) is 0 Å². The number of para-hydroxylation sites is 1. The Balaban J connectivity index is 1.94. The van der Waals surface area contributed by atoms with Gasteiger partial charge in [0, 0.05) is 0 Å². The van der Waals surface area contributed by atoms with Crippen LogP contribution in [0.2, 0.25) is 5.02 Å². The summed E-state index contributed by atoms with van der Waals surface area (Å²) in [7, 11) is -4.00. The largest absolute Gasteiger partial charge is 0.482 e. The number of benzene rings is 2. The number of nitriles is 1. The van der Waals surface area contributed by atoms with Crippen LogP contribution < -0.4 is 15.0 Å². The minimum atomic E-state index is -4.00. The highest BCUT2D eigenvalue weighted by molar-refractivity contribution is 7.89. The number of carbonyl (C=O) groups is 1. The van der Waals surface area contributed by atoms with E-state index in [2.05, 4.69) is 0 Å². The number of sulfonamides is 1. The number of ether oxygens (including phenoxy) is 1. The van der Waals surface area contributed by atoms with Gasteiger partial charge in [-0.1, -0.05) is 35.9 Å². The average molecular weight is 366 g/mol. The van der Waals surface area contributed by atoms with Gasteiger partial charge in [-0.25, -0.2) is 8.42 Å². The van der Waals surface area contributed by atoms with Crippen LogP contribution in [0.25, 0.3) is 0 Å². The van der Waals surface area contributed by atoms with Crippen LogP contribution in [0.4, 0.5) is 0 Å². The number of hydrogen-bond acceptors (Lipinski definition) is 5. The smallest absolute Gasteiger partial charge is 0.272 e. The third-order valence-electron chi connectivity index (χ3n) is 2.82. The van der Waals surface area contributed by atoms with Crippen LogP contribution in [-0.4, -0.2) is 20.9 Å². The zero-order valence-electron chi connectivity index (χ0n) is 12.2. The molecule has 124 valence electrons. The van der Waals surface area contributed by atoms with Crippen molar-refractivity contribution >= 4 is 27.5 Å². The third kappa shape index (κ3) is 4.45. The van der Waals surface area contributed by atoms with Crippen LogP contribution in [0.5, 0.6) is 5.75 Å². The number of nitrogens with one attached hydrogen (secondary N) is 2. The molecule has 0 heterocycles. The molecule has 2 rings (SSSR count). The fourth-order valence-electron chi connectivity index (χ4n) is 1.71. The molecule has 0 aromatic heterocycles. The Hall–Kier alpha value is -2.60. The number of amides is 1. The van der Waals surface area contributed by atoms with Gasteiger partial charge in [0.05, 0.1) is 10.6 Å². The molecule has 24 heavy (non-hydrogen) atoms. The quantitative estimate of drug-likeness (QED) is 0.756. The topological polar surface area (TPSA) is 108 Å². The Kier molecular flexibility index (Phi) is 5.76. The molecule has 0 spiro atoms. The van der Waals surface area contributed by atoms with Crippen molar-refractivity contribution in [3.8, 4) is 11.8 Å². The maximum atomic E-state index is 12.0. The van der Waals surface area contributed by atoms with E-state index in [1.54, 1.807) is 18.2 Å². The Labute approximate surface area is 143 Å². The second kappa shape index (κ2) is 7.79. The molecule has 1 amide bonds. The standard InChI is InChI=1S/C15H12ClN3O4S/c16-12-6-2-4-8-14(12)24(21,22)19-18-15(20)10-23-13-7-3-1-5-11(13)9-17/h1-8,19H,10H2,(H,18,20). The summed E-state index contributed by atoms with van der Waals surface area (Å²) in [5, 5.41) is 8.94. The zero-order chi connectivity index (χ0) is 17.6. The highest BCUT2D eigenvalue weighted by Gasteiger charge is 2.18. The lowest BCUT2D eigenvalue weighted by atomic mass is 10.2. The molecule has 0 aliphatic carbocycles. The summed E-state index contributed by atoms with van der Waals surface area (Å²) >= 11 is 5.81. The Morgan fingerprint density at radius 1 is 1.17 bits per heavy atom. The monoisotopic (exact) mass is 365 g/mol. The van der Waals surface area contributed by atoms with E-state index in [1.165, 1.54) is 30.3 Å². The first-order valence-corrected chi connectivity index (χ1v) is 8.47. The lowest BCUT2D eigenvalue weighted by Gasteiger charge is -2.10. The van der Waals surface area contributed by atoms with Crippen molar-refractivity contribution in [2.75, 3.05) is 6.61 Å². The van der Waals surface area contributed by atoms with Crippen LogP contribution in [-0.2, 0) is 14.8 Å². The molecule has 2 aromatic carbocycles. The number of nitrogens with zero attached hydrogens (tertiary/aromatic N) is 1. The Morgan fingerprint density at radius 3 is 2.54 bits per heavy atom. The van der Waals surface area contributed by atoms with E-state index in [4.69, 9.17) is 21.6 Å². The molecule has 2 N–H and O–H groups in total. The fraction of sp³-hybridized carbons (Fsp3) is 0.0667. The summed E-state index contributed by atoms with van der Waals surface area (Å²) in [6.07, 6.45) is 0. The summed E-state index contributed by atoms with van der Waals surface area (Å²) in [5.74, 6) is -0.512. The molecule has 0 atom stereocenters. The molecule has 0 aliphatic heterocycles. The lowest BCUT2D eigenvalue weighted by molar-refractivity contribution is -0.123. The molecule has 0 aliphatic rings. The van der Waals surface area contributed by atoms with Gasteiger partial charge in [0.1, 0.15) is 16.7 Å². The Bertz CT molecular complexity index is 894. The van der Waals surface area contributed by atoms with Crippen molar-refractivity contribution in [1.82, 2.24) is 10.3 Å². The maximum Gasteiger partial charge on any atom is 0.272 e. The van der Waals surface area contributed by atoms with Gasteiger partial charge in [0.2, 0.25) is 0 Å². The van der Waals surface area contributed by atoms with Crippen LogP contribution in [0.3, 0.4) is 0 Å². The van der Waals surface area contributed by atoms with Gasteiger partial charge in [-0.3, -0.25) is 10.2 Å². The van der Waals surface area contributed by atoms with E-state index in [9.17, 15) is 13.2 Å². The number of hydrazine groups is 1. The highest BCUT2D eigenvalue weighted by Crippen LogP contribution is 2.19. The summed E-state index contributed by atoms with van der Waals surface area (Å²) in [6.45, 7) is -0.469. The molecular formula is C15H12ClN3O4S. The predicted octanol–water partition coefficient (Wildman–Crippen LogP) is 1.60. The average Bonchev–Trinajstić information content (AvgIpc) is 2.58. The van der Waals surface area contributed by atoms with Crippen molar-refractivity contribution in [2.45, 2.75) is 4.90 Å². The van der Waals surface area contributed by atoms with Crippen molar-refractivity contribution in [3.05, 3.63) is 59.1 Å². The van der Waals surface area contributed by atoms with Gasteiger partial charge in [-0.15, -0.1) is 4.83 Å². The van der Waals surface area contributed by atoms with Crippen molar-refractivity contribution in [2.24, 2.45) is 0 Å². The number of rotatable bonds is 6. The van der Waals surface area contributed by atoms with E-state index in [1.807, 2.05) is 16.3 Å². The van der Waals surface area contributed by atoms with Gasteiger partial charge in [0.15, 0.2) is 6.61 Å². The third-order valence-corrected chi connectivity index (χ3v) is 4.56. The molecule has 2 aromatic rings. The SMILES string of the molecule is N#Cc1ccccc1OCC(=O)NNS(=O)(=O)c1ccccc1Cl. The van der Waals surface area contributed by atoms with Crippen LogP contribution >= 0.6 is 11.6 Å². The lowest BCUT2D eigenvalue weighted by Crippen LogP contribution is -2.43. The van der Waals surface area contributed by atoms with Gasteiger partial charge < -0.3 is 4.74 Å². The molecule has 0 radical (unpaired) electrons. The molecule has 0 saturated carbocycles. The molecule has 0 bridgehead atoms. The summed E-state index contributed by atoms with van der Waals surface area (Å²) in [6, 6.07) is 14.1. The predicted molar refractivity (Wildman–Crippen MR) is 86.6 cm³/mol. The minimum absolute atomic E-state index is 0.0263. The normalized spacial score (nSPS) is 10.7. The van der Waals surface area contributed by atoms with E-state index < -0.39 is 22.5 Å². The Morgan fingerprint density at radius 2 is 1.83 bits per heavy atom.